The van der Waals surface area contributed by atoms with E-state index in [1.165, 1.54) is 6.08 Å². The summed E-state index contributed by atoms with van der Waals surface area (Å²) in [5.41, 5.74) is 1.21. The minimum absolute atomic E-state index is 0.203. The number of esters is 2. The molecule has 2 aliphatic rings. The second-order valence-corrected chi connectivity index (χ2v) is 5.62. The van der Waals surface area contributed by atoms with Gasteiger partial charge in [-0.25, -0.2) is 9.59 Å². The molecule has 1 aromatic rings. The van der Waals surface area contributed by atoms with Gasteiger partial charge in [0.05, 0.1) is 12.2 Å². The molecular weight excluding hydrogens is 284 g/mol. The summed E-state index contributed by atoms with van der Waals surface area (Å²) in [5.74, 6) is -0.0802. The van der Waals surface area contributed by atoms with Crippen LogP contribution in [0.3, 0.4) is 0 Å². The molecule has 0 amide bonds. The molecular formula is C17H16O5. The number of hydrogen-bond acceptors (Lipinski definition) is 5. The Kier molecular flexibility index (Phi) is 3.28. The van der Waals surface area contributed by atoms with Crippen molar-refractivity contribution in [3.8, 4) is 11.5 Å². The van der Waals surface area contributed by atoms with E-state index in [2.05, 4.69) is 0 Å². The Labute approximate surface area is 128 Å². The number of benzene rings is 1. The molecule has 2 aliphatic heterocycles. The van der Waals surface area contributed by atoms with Crippen LogP contribution in [0.4, 0.5) is 0 Å². The Bertz CT molecular complexity index is 725. The summed E-state index contributed by atoms with van der Waals surface area (Å²) in [6.45, 7) is 5.84. The van der Waals surface area contributed by atoms with Gasteiger partial charge in [0.25, 0.3) is 0 Å². The molecule has 5 nitrogen and oxygen atoms in total. The summed E-state index contributed by atoms with van der Waals surface area (Å²) in [6.07, 6.45) is 5.04. The van der Waals surface area contributed by atoms with Crippen molar-refractivity contribution in [2.45, 2.75) is 26.4 Å². The third kappa shape index (κ3) is 2.50. The molecule has 2 heterocycles. The summed E-state index contributed by atoms with van der Waals surface area (Å²) >= 11 is 0. The Hall–Kier alpha value is -2.56. The molecule has 1 aromatic carbocycles. The monoisotopic (exact) mass is 300 g/mol. The molecule has 0 radical (unpaired) electrons. The average molecular weight is 300 g/mol. The van der Waals surface area contributed by atoms with Crippen LogP contribution in [0.2, 0.25) is 0 Å². The van der Waals surface area contributed by atoms with E-state index >= 15 is 0 Å². The van der Waals surface area contributed by atoms with Gasteiger partial charge < -0.3 is 14.2 Å². The Morgan fingerprint density at radius 2 is 2.09 bits per heavy atom. The first-order valence-corrected chi connectivity index (χ1v) is 7.07. The van der Waals surface area contributed by atoms with Crippen LogP contribution in [-0.2, 0) is 14.3 Å². The largest absolute Gasteiger partial charge is 0.483 e. The zero-order valence-electron chi connectivity index (χ0n) is 12.6. The molecule has 5 heteroatoms. The number of hydrogen-bond donors (Lipinski definition) is 0. The van der Waals surface area contributed by atoms with Crippen LogP contribution in [0.15, 0.2) is 24.3 Å². The quantitative estimate of drug-likeness (QED) is 0.477. The molecule has 0 fully saturated rings. The lowest BCUT2D eigenvalue weighted by molar-refractivity contribution is -0.137. The number of rotatable bonds is 2. The van der Waals surface area contributed by atoms with Gasteiger partial charge in [0, 0.05) is 23.3 Å². The molecule has 0 N–H and O–H groups in total. The molecule has 0 spiro atoms. The second kappa shape index (κ2) is 5.02. The van der Waals surface area contributed by atoms with E-state index in [1.807, 2.05) is 26.0 Å². The normalized spacial score (nSPS) is 19.2. The van der Waals surface area contributed by atoms with E-state index in [9.17, 15) is 9.59 Å². The summed E-state index contributed by atoms with van der Waals surface area (Å²) < 4.78 is 15.9. The minimum atomic E-state index is -0.562. The van der Waals surface area contributed by atoms with E-state index in [0.29, 0.717) is 17.1 Å². The van der Waals surface area contributed by atoms with E-state index in [1.54, 1.807) is 19.1 Å². The number of carbonyl (C=O) groups excluding carboxylic acids is 2. The molecule has 0 saturated heterocycles. The molecule has 0 unspecified atom stereocenters. The van der Waals surface area contributed by atoms with E-state index < -0.39 is 17.5 Å². The maximum Gasteiger partial charge on any atom is 0.344 e. The summed E-state index contributed by atoms with van der Waals surface area (Å²) in [5, 5.41) is 0. The van der Waals surface area contributed by atoms with Gasteiger partial charge in [-0.3, -0.25) is 0 Å². The third-order valence-corrected chi connectivity index (χ3v) is 3.41. The maximum absolute atomic E-state index is 12.0. The fraction of sp³-hybridized carbons (Fsp3) is 0.294. The average Bonchev–Trinajstić information content (AvgIpc) is 2.71. The first-order chi connectivity index (χ1) is 10.4. The van der Waals surface area contributed by atoms with Crippen molar-refractivity contribution in [1.29, 1.82) is 0 Å². The highest BCUT2D eigenvalue weighted by Crippen LogP contribution is 2.42. The number of fused-ring (bicyclic) bond motifs is 2. The third-order valence-electron chi connectivity index (χ3n) is 3.41. The fourth-order valence-electron chi connectivity index (χ4n) is 2.40. The highest BCUT2D eigenvalue weighted by molar-refractivity contribution is 6.25. The van der Waals surface area contributed by atoms with Crippen LogP contribution in [0, 0.1) is 0 Å². The standard InChI is InChI=1S/C17H16O5/c1-4-20-15(18)8-12-11-7-10-5-6-17(2,3)22-13(10)9-14(11)21-16(12)19/h5-9H,4H2,1-3H3/b12-8+. The highest BCUT2D eigenvalue weighted by Gasteiger charge is 2.31. The second-order valence-electron chi connectivity index (χ2n) is 5.62. The molecule has 3 rings (SSSR count). The summed E-state index contributed by atoms with van der Waals surface area (Å²) in [4.78, 5) is 23.5. The Balaban J connectivity index is 2.03. The van der Waals surface area contributed by atoms with Crippen LogP contribution in [0.1, 0.15) is 31.9 Å². The van der Waals surface area contributed by atoms with Crippen molar-refractivity contribution in [3.05, 3.63) is 35.4 Å². The van der Waals surface area contributed by atoms with Crippen molar-refractivity contribution in [1.82, 2.24) is 0 Å². The van der Waals surface area contributed by atoms with Gasteiger partial charge >= 0.3 is 11.9 Å². The van der Waals surface area contributed by atoms with Crippen LogP contribution >= 0.6 is 0 Å². The van der Waals surface area contributed by atoms with Crippen LogP contribution < -0.4 is 9.47 Å². The van der Waals surface area contributed by atoms with Crippen LogP contribution in [0.25, 0.3) is 11.6 Å². The molecule has 0 atom stereocenters. The predicted molar refractivity (Wildman–Crippen MR) is 80.4 cm³/mol. The zero-order chi connectivity index (χ0) is 15.9. The summed E-state index contributed by atoms with van der Waals surface area (Å²) in [7, 11) is 0. The van der Waals surface area contributed by atoms with Gasteiger partial charge in [-0.05, 0) is 32.9 Å². The number of ether oxygens (including phenoxy) is 3. The van der Waals surface area contributed by atoms with E-state index in [4.69, 9.17) is 14.2 Å². The molecule has 0 saturated carbocycles. The molecule has 114 valence electrons. The molecule has 0 aliphatic carbocycles. The van der Waals surface area contributed by atoms with Gasteiger partial charge in [0.2, 0.25) is 0 Å². The van der Waals surface area contributed by atoms with Gasteiger partial charge in [-0.1, -0.05) is 6.08 Å². The lowest BCUT2D eigenvalue weighted by Gasteiger charge is -2.28. The zero-order valence-corrected chi connectivity index (χ0v) is 12.6. The van der Waals surface area contributed by atoms with Crippen molar-refractivity contribution in [3.63, 3.8) is 0 Å². The first kappa shape index (κ1) is 14.4. The van der Waals surface area contributed by atoms with E-state index in [0.717, 1.165) is 5.56 Å². The smallest absolute Gasteiger partial charge is 0.344 e. The van der Waals surface area contributed by atoms with Crippen LogP contribution in [0.5, 0.6) is 11.5 Å². The maximum atomic E-state index is 12.0. The first-order valence-electron chi connectivity index (χ1n) is 7.07. The van der Waals surface area contributed by atoms with Gasteiger partial charge in [-0.15, -0.1) is 0 Å². The predicted octanol–water partition coefficient (Wildman–Crippen LogP) is 2.74. The van der Waals surface area contributed by atoms with Gasteiger partial charge in [-0.2, -0.15) is 0 Å². The molecule has 22 heavy (non-hydrogen) atoms. The fourth-order valence-corrected chi connectivity index (χ4v) is 2.40. The lowest BCUT2D eigenvalue weighted by atomic mass is 9.98. The lowest BCUT2D eigenvalue weighted by Crippen LogP contribution is -2.27. The van der Waals surface area contributed by atoms with Crippen LogP contribution in [-0.4, -0.2) is 24.1 Å². The topological polar surface area (TPSA) is 61.8 Å². The Morgan fingerprint density at radius 3 is 2.82 bits per heavy atom. The summed E-state index contributed by atoms with van der Waals surface area (Å²) in [6, 6.07) is 3.46. The van der Waals surface area contributed by atoms with Gasteiger partial charge in [0.1, 0.15) is 17.1 Å². The van der Waals surface area contributed by atoms with E-state index in [-0.39, 0.29) is 12.2 Å². The van der Waals surface area contributed by atoms with Crippen molar-refractivity contribution >= 4 is 23.6 Å². The molecule has 0 bridgehead atoms. The van der Waals surface area contributed by atoms with Crippen molar-refractivity contribution in [2.24, 2.45) is 0 Å². The minimum Gasteiger partial charge on any atom is -0.483 e. The molecule has 0 aromatic heterocycles. The number of carbonyl (C=O) groups is 2. The van der Waals surface area contributed by atoms with Gasteiger partial charge in [0.15, 0.2) is 0 Å². The van der Waals surface area contributed by atoms with Crippen molar-refractivity contribution in [2.75, 3.05) is 6.61 Å². The van der Waals surface area contributed by atoms with Crippen molar-refractivity contribution < 1.29 is 23.8 Å². The SMILES string of the molecule is CCOC(=O)/C=C1/C(=O)Oc2cc3c(cc21)C=CC(C)(C)O3. The Morgan fingerprint density at radius 1 is 1.32 bits per heavy atom. The highest BCUT2D eigenvalue weighted by atomic mass is 16.5.